The molecule has 2 N–H and O–H groups in total. The molecule has 0 spiro atoms. The van der Waals surface area contributed by atoms with Crippen molar-refractivity contribution in [2.24, 2.45) is 0 Å². The van der Waals surface area contributed by atoms with Gasteiger partial charge in [0.05, 0.1) is 6.61 Å². The first-order valence-electron chi connectivity index (χ1n) is 6.89. The molecule has 0 radical (unpaired) electrons. The summed E-state index contributed by atoms with van der Waals surface area (Å²) in [5.74, 6) is 0. The van der Waals surface area contributed by atoms with Crippen LogP contribution in [-0.4, -0.2) is 62.0 Å². The summed E-state index contributed by atoms with van der Waals surface area (Å²) in [6.07, 6.45) is 4.63. The molecule has 1 aliphatic carbocycles. The Balaban J connectivity index is 2.31. The van der Waals surface area contributed by atoms with Crippen LogP contribution < -0.4 is 5.32 Å². The lowest BCUT2D eigenvalue weighted by Gasteiger charge is -2.27. The fraction of sp³-hybridized carbons (Fsp3) is 1.00. The number of ether oxygens (including phenoxy) is 1. The second-order valence-electron chi connectivity index (χ2n) is 4.88. The number of nitrogens with zero attached hydrogens (tertiary/aromatic N) is 1. The summed E-state index contributed by atoms with van der Waals surface area (Å²) in [6.45, 7) is 6.33. The van der Waals surface area contributed by atoms with Crippen molar-refractivity contribution in [3.8, 4) is 0 Å². The van der Waals surface area contributed by atoms with Gasteiger partial charge in [0, 0.05) is 38.9 Å². The van der Waals surface area contributed by atoms with E-state index < -0.39 is 0 Å². The van der Waals surface area contributed by atoms with Gasteiger partial charge in [0.1, 0.15) is 0 Å². The molecule has 1 fully saturated rings. The predicted octanol–water partition coefficient (Wildman–Crippen LogP) is 0.848. The van der Waals surface area contributed by atoms with Gasteiger partial charge in [0.15, 0.2) is 0 Å². The molecule has 1 unspecified atom stereocenters. The Bertz CT molecular complexity index is 186. The monoisotopic (exact) mass is 244 g/mol. The molecule has 1 saturated carbocycles. The topological polar surface area (TPSA) is 44.7 Å². The van der Waals surface area contributed by atoms with E-state index in [0.29, 0.717) is 6.04 Å². The summed E-state index contributed by atoms with van der Waals surface area (Å²) in [5, 5.41) is 12.6. The van der Waals surface area contributed by atoms with Gasteiger partial charge in [-0.15, -0.1) is 0 Å². The third kappa shape index (κ3) is 6.36. The van der Waals surface area contributed by atoms with Gasteiger partial charge in [-0.1, -0.05) is 6.92 Å². The SMILES string of the molecule is CCCNC(CCO)CN(CCOC)C1CC1. The molecule has 4 heteroatoms. The lowest BCUT2D eigenvalue weighted by atomic mass is 10.2. The zero-order valence-electron chi connectivity index (χ0n) is 11.3. The van der Waals surface area contributed by atoms with E-state index in [2.05, 4.69) is 17.1 Å². The maximum Gasteiger partial charge on any atom is 0.0589 e. The average Bonchev–Trinajstić information content (AvgIpc) is 3.15. The molecule has 1 rings (SSSR count). The van der Waals surface area contributed by atoms with E-state index in [1.165, 1.54) is 12.8 Å². The molecule has 1 aliphatic rings. The maximum atomic E-state index is 9.10. The van der Waals surface area contributed by atoms with E-state index in [4.69, 9.17) is 9.84 Å². The summed E-state index contributed by atoms with van der Waals surface area (Å²) in [6, 6.07) is 1.17. The van der Waals surface area contributed by atoms with Gasteiger partial charge in [0.2, 0.25) is 0 Å². The Morgan fingerprint density at radius 1 is 1.47 bits per heavy atom. The smallest absolute Gasteiger partial charge is 0.0589 e. The molecular weight excluding hydrogens is 216 g/mol. The van der Waals surface area contributed by atoms with Gasteiger partial charge in [-0.2, -0.15) is 0 Å². The van der Waals surface area contributed by atoms with E-state index in [-0.39, 0.29) is 6.61 Å². The van der Waals surface area contributed by atoms with E-state index in [0.717, 1.165) is 45.1 Å². The van der Waals surface area contributed by atoms with Crippen LogP contribution in [0, 0.1) is 0 Å². The van der Waals surface area contributed by atoms with Crippen LogP contribution in [0.5, 0.6) is 0 Å². The summed E-state index contributed by atoms with van der Waals surface area (Å²) in [4.78, 5) is 2.51. The van der Waals surface area contributed by atoms with E-state index in [9.17, 15) is 0 Å². The molecular formula is C13H28N2O2. The molecule has 0 aliphatic heterocycles. The molecule has 0 amide bonds. The van der Waals surface area contributed by atoms with Crippen LogP contribution in [0.4, 0.5) is 0 Å². The van der Waals surface area contributed by atoms with Gasteiger partial charge in [-0.3, -0.25) is 4.90 Å². The molecule has 0 aromatic heterocycles. The third-order valence-electron chi connectivity index (χ3n) is 3.26. The molecule has 0 heterocycles. The largest absolute Gasteiger partial charge is 0.396 e. The standard InChI is InChI=1S/C13H28N2O2/c1-3-7-14-12(6-9-16)11-15(8-10-17-2)13-4-5-13/h12-14,16H,3-11H2,1-2H3. The zero-order valence-corrected chi connectivity index (χ0v) is 11.3. The summed E-state index contributed by atoms with van der Waals surface area (Å²) >= 11 is 0. The van der Waals surface area contributed by atoms with Crippen LogP contribution in [0.15, 0.2) is 0 Å². The number of hydrogen-bond acceptors (Lipinski definition) is 4. The molecule has 0 saturated heterocycles. The lowest BCUT2D eigenvalue weighted by molar-refractivity contribution is 0.131. The van der Waals surface area contributed by atoms with E-state index in [1.807, 2.05) is 0 Å². The Labute approximate surface area is 105 Å². The van der Waals surface area contributed by atoms with Crippen LogP contribution in [0.3, 0.4) is 0 Å². The highest BCUT2D eigenvalue weighted by Gasteiger charge is 2.29. The third-order valence-corrected chi connectivity index (χ3v) is 3.26. The van der Waals surface area contributed by atoms with Crippen molar-refractivity contribution in [1.29, 1.82) is 0 Å². The fourth-order valence-corrected chi connectivity index (χ4v) is 2.12. The second kappa shape index (κ2) is 8.86. The van der Waals surface area contributed by atoms with Crippen LogP contribution in [0.1, 0.15) is 32.6 Å². The molecule has 0 bridgehead atoms. The van der Waals surface area contributed by atoms with Gasteiger partial charge >= 0.3 is 0 Å². The van der Waals surface area contributed by atoms with Crippen molar-refractivity contribution in [2.45, 2.75) is 44.7 Å². The number of hydrogen-bond donors (Lipinski definition) is 2. The first-order valence-corrected chi connectivity index (χ1v) is 6.89. The number of aliphatic hydroxyl groups is 1. The van der Waals surface area contributed by atoms with Gasteiger partial charge in [-0.05, 0) is 32.2 Å². The number of nitrogens with one attached hydrogen (secondary N) is 1. The van der Waals surface area contributed by atoms with Gasteiger partial charge < -0.3 is 15.2 Å². The first kappa shape index (κ1) is 14.9. The van der Waals surface area contributed by atoms with Crippen LogP contribution in [0.25, 0.3) is 0 Å². The maximum absolute atomic E-state index is 9.10. The molecule has 0 aromatic rings. The van der Waals surface area contributed by atoms with Crippen molar-refractivity contribution in [1.82, 2.24) is 10.2 Å². The highest BCUT2D eigenvalue weighted by atomic mass is 16.5. The normalized spacial score (nSPS) is 17.6. The van der Waals surface area contributed by atoms with Crippen molar-refractivity contribution >= 4 is 0 Å². The van der Waals surface area contributed by atoms with Crippen LogP contribution >= 0.6 is 0 Å². The molecule has 0 aromatic carbocycles. The quantitative estimate of drug-likeness (QED) is 0.565. The zero-order chi connectivity index (χ0) is 12.5. The summed E-state index contributed by atoms with van der Waals surface area (Å²) < 4.78 is 5.16. The number of methoxy groups -OCH3 is 1. The molecule has 102 valence electrons. The van der Waals surface area contributed by atoms with Crippen molar-refractivity contribution in [3.05, 3.63) is 0 Å². The number of aliphatic hydroxyl groups excluding tert-OH is 1. The minimum absolute atomic E-state index is 0.268. The van der Waals surface area contributed by atoms with Crippen LogP contribution in [0.2, 0.25) is 0 Å². The summed E-state index contributed by atoms with van der Waals surface area (Å²) in [7, 11) is 1.76. The molecule has 1 atom stereocenters. The van der Waals surface area contributed by atoms with Crippen molar-refractivity contribution in [2.75, 3.05) is 40.0 Å². The minimum Gasteiger partial charge on any atom is -0.396 e. The fourth-order valence-electron chi connectivity index (χ4n) is 2.12. The number of rotatable bonds is 11. The minimum atomic E-state index is 0.268. The highest BCUT2D eigenvalue weighted by Crippen LogP contribution is 2.26. The Morgan fingerprint density at radius 3 is 2.76 bits per heavy atom. The van der Waals surface area contributed by atoms with Crippen LogP contribution in [-0.2, 0) is 4.74 Å². The second-order valence-corrected chi connectivity index (χ2v) is 4.88. The Hall–Kier alpha value is -0.160. The Kier molecular flexibility index (Phi) is 7.77. The molecule has 4 nitrogen and oxygen atoms in total. The lowest BCUT2D eigenvalue weighted by Crippen LogP contribution is -2.44. The van der Waals surface area contributed by atoms with Gasteiger partial charge in [-0.25, -0.2) is 0 Å². The molecule has 17 heavy (non-hydrogen) atoms. The van der Waals surface area contributed by atoms with Gasteiger partial charge in [0.25, 0.3) is 0 Å². The predicted molar refractivity (Wildman–Crippen MR) is 70.3 cm³/mol. The Morgan fingerprint density at radius 2 is 2.24 bits per heavy atom. The van der Waals surface area contributed by atoms with Crippen molar-refractivity contribution < 1.29 is 9.84 Å². The van der Waals surface area contributed by atoms with Crippen molar-refractivity contribution in [3.63, 3.8) is 0 Å². The van der Waals surface area contributed by atoms with E-state index >= 15 is 0 Å². The summed E-state index contributed by atoms with van der Waals surface area (Å²) in [5.41, 5.74) is 0. The average molecular weight is 244 g/mol. The first-order chi connectivity index (χ1) is 8.31. The highest BCUT2D eigenvalue weighted by molar-refractivity contribution is 4.87. The van der Waals surface area contributed by atoms with E-state index in [1.54, 1.807) is 7.11 Å².